The molecule has 4 nitrogen and oxygen atoms in total. The first-order valence-corrected chi connectivity index (χ1v) is 11.2. The Morgan fingerprint density at radius 1 is 0.821 bits per heavy atom. The van der Waals surface area contributed by atoms with Crippen molar-refractivity contribution in [3.05, 3.63) is 68.6 Å². The lowest BCUT2D eigenvalue weighted by molar-refractivity contribution is 0.0935. The number of halogens is 2. The second-order valence-corrected chi connectivity index (χ2v) is 9.17. The smallest absolute Gasteiger partial charge is 0.251 e. The van der Waals surface area contributed by atoms with Crippen molar-refractivity contribution in [2.75, 3.05) is 13.1 Å². The third-order valence-electron chi connectivity index (χ3n) is 5.17. The van der Waals surface area contributed by atoms with E-state index in [-0.39, 0.29) is 11.8 Å². The number of benzene rings is 2. The number of rotatable bonds is 6. The van der Waals surface area contributed by atoms with Crippen LogP contribution in [0.5, 0.6) is 0 Å². The maximum absolute atomic E-state index is 12.3. The van der Waals surface area contributed by atoms with Gasteiger partial charge in [-0.25, -0.2) is 0 Å². The number of amides is 2. The van der Waals surface area contributed by atoms with Gasteiger partial charge in [0.25, 0.3) is 11.8 Å². The van der Waals surface area contributed by atoms with Gasteiger partial charge in [-0.05, 0) is 67.5 Å². The number of carbonyl (C=O) groups excluding carboxylic acids is 2. The zero-order valence-electron chi connectivity index (χ0n) is 15.6. The van der Waals surface area contributed by atoms with E-state index in [0.29, 0.717) is 36.1 Å². The molecule has 2 amide bonds. The quantitative estimate of drug-likeness (QED) is 0.566. The molecule has 2 aromatic rings. The van der Waals surface area contributed by atoms with Gasteiger partial charge in [0.1, 0.15) is 0 Å². The summed E-state index contributed by atoms with van der Waals surface area (Å²) in [6.07, 6.45) is 4.40. The summed E-state index contributed by atoms with van der Waals surface area (Å²) >= 11 is 6.80. The van der Waals surface area contributed by atoms with E-state index < -0.39 is 0 Å². The van der Waals surface area contributed by atoms with Crippen molar-refractivity contribution in [2.45, 2.75) is 25.7 Å². The van der Waals surface area contributed by atoms with Crippen LogP contribution in [0.2, 0.25) is 0 Å². The van der Waals surface area contributed by atoms with Crippen molar-refractivity contribution in [1.82, 2.24) is 10.6 Å². The molecule has 2 N–H and O–H groups in total. The van der Waals surface area contributed by atoms with Gasteiger partial charge in [-0.3, -0.25) is 9.59 Å². The van der Waals surface area contributed by atoms with Crippen LogP contribution in [0.3, 0.4) is 0 Å². The molecular weight excluding hydrogens is 484 g/mol. The molecule has 0 heterocycles. The summed E-state index contributed by atoms with van der Waals surface area (Å²) in [4.78, 5) is 24.7. The Bertz CT molecular complexity index is 773. The molecule has 1 fully saturated rings. The van der Waals surface area contributed by atoms with E-state index in [9.17, 15) is 9.59 Å². The van der Waals surface area contributed by atoms with Crippen molar-refractivity contribution < 1.29 is 9.59 Å². The van der Waals surface area contributed by atoms with Crippen LogP contribution in [-0.2, 0) is 0 Å². The highest BCUT2D eigenvalue weighted by atomic mass is 79.9. The van der Waals surface area contributed by atoms with Crippen LogP contribution in [0, 0.1) is 11.8 Å². The van der Waals surface area contributed by atoms with Crippen molar-refractivity contribution >= 4 is 43.7 Å². The third-order valence-corrected chi connectivity index (χ3v) is 6.15. The van der Waals surface area contributed by atoms with E-state index in [1.54, 1.807) is 0 Å². The van der Waals surface area contributed by atoms with Gasteiger partial charge in [0, 0.05) is 33.2 Å². The highest BCUT2D eigenvalue weighted by molar-refractivity contribution is 9.10. The average molecular weight is 508 g/mol. The SMILES string of the molecule is O=C(NC[C@H]1CCC[C@@H](CNC(=O)c2cccc(Br)c2)C1)c1cccc(Br)c1. The fourth-order valence-corrected chi connectivity index (χ4v) is 4.51. The monoisotopic (exact) mass is 506 g/mol. The maximum Gasteiger partial charge on any atom is 0.251 e. The Morgan fingerprint density at radius 2 is 1.29 bits per heavy atom. The van der Waals surface area contributed by atoms with Gasteiger partial charge in [-0.15, -0.1) is 0 Å². The zero-order valence-corrected chi connectivity index (χ0v) is 18.8. The molecule has 0 unspecified atom stereocenters. The average Bonchev–Trinajstić information content (AvgIpc) is 2.70. The van der Waals surface area contributed by atoms with Crippen molar-refractivity contribution in [3.63, 3.8) is 0 Å². The van der Waals surface area contributed by atoms with E-state index in [2.05, 4.69) is 42.5 Å². The summed E-state index contributed by atoms with van der Waals surface area (Å²) < 4.78 is 1.80. The molecule has 1 aliphatic carbocycles. The fraction of sp³-hybridized carbons (Fsp3) is 0.364. The summed E-state index contributed by atoms with van der Waals surface area (Å²) in [5.41, 5.74) is 1.34. The minimum absolute atomic E-state index is 0.0358. The highest BCUT2D eigenvalue weighted by Crippen LogP contribution is 2.28. The molecule has 0 radical (unpaired) electrons. The van der Waals surface area contributed by atoms with Gasteiger partial charge < -0.3 is 10.6 Å². The van der Waals surface area contributed by atoms with Gasteiger partial charge in [0.05, 0.1) is 0 Å². The molecular formula is C22H24Br2N2O2. The summed E-state index contributed by atoms with van der Waals surface area (Å²) in [7, 11) is 0. The van der Waals surface area contributed by atoms with Crippen molar-refractivity contribution in [2.24, 2.45) is 11.8 Å². The first kappa shape index (κ1) is 21.1. The molecule has 2 atom stereocenters. The first-order valence-electron chi connectivity index (χ1n) is 9.59. The Balaban J connectivity index is 1.45. The van der Waals surface area contributed by atoms with Crippen molar-refractivity contribution in [1.29, 1.82) is 0 Å². The lowest BCUT2D eigenvalue weighted by Crippen LogP contribution is -2.35. The minimum atomic E-state index is -0.0358. The van der Waals surface area contributed by atoms with Gasteiger partial charge in [-0.1, -0.05) is 50.4 Å². The molecule has 3 rings (SSSR count). The highest BCUT2D eigenvalue weighted by Gasteiger charge is 2.23. The van der Waals surface area contributed by atoms with Gasteiger partial charge in [0.2, 0.25) is 0 Å². The topological polar surface area (TPSA) is 58.2 Å². The second kappa shape index (κ2) is 10.2. The fourth-order valence-electron chi connectivity index (χ4n) is 3.71. The van der Waals surface area contributed by atoms with Crippen LogP contribution in [0.15, 0.2) is 57.5 Å². The molecule has 2 aromatic carbocycles. The summed E-state index contributed by atoms with van der Waals surface area (Å²) in [5, 5.41) is 6.12. The van der Waals surface area contributed by atoms with Gasteiger partial charge in [-0.2, -0.15) is 0 Å². The standard InChI is InChI=1S/C22H24Br2N2O2/c23-19-8-2-6-17(11-19)21(27)25-13-15-4-1-5-16(10-15)14-26-22(28)18-7-3-9-20(24)12-18/h2-3,6-9,11-12,15-16H,1,4-5,10,13-14H2,(H,25,27)(H,26,28)/t15-,16+. The third kappa shape index (κ3) is 6.17. The number of hydrogen-bond donors (Lipinski definition) is 2. The van der Waals surface area contributed by atoms with E-state index in [0.717, 1.165) is 34.6 Å². The van der Waals surface area contributed by atoms with Crippen LogP contribution in [0.1, 0.15) is 46.4 Å². The summed E-state index contributed by atoms with van der Waals surface area (Å²) in [5.74, 6) is 0.841. The normalized spacial score (nSPS) is 19.1. The summed E-state index contributed by atoms with van der Waals surface area (Å²) in [6.45, 7) is 1.36. The Labute approximate surface area is 182 Å². The van der Waals surface area contributed by atoms with Crippen LogP contribution in [0.25, 0.3) is 0 Å². The number of nitrogens with one attached hydrogen (secondary N) is 2. The van der Waals surface area contributed by atoms with Crippen LogP contribution < -0.4 is 10.6 Å². The van der Waals surface area contributed by atoms with Crippen LogP contribution in [-0.4, -0.2) is 24.9 Å². The summed E-state index contributed by atoms with van der Waals surface area (Å²) in [6, 6.07) is 14.8. The van der Waals surface area contributed by atoms with Crippen LogP contribution >= 0.6 is 31.9 Å². The largest absolute Gasteiger partial charge is 0.352 e. The molecule has 0 bridgehead atoms. The Kier molecular flexibility index (Phi) is 7.68. The minimum Gasteiger partial charge on any atom is -0.352 e. The predicted molar refractivity (Wildman–Crippen MR) is 118 cm³/mol. The molecule has 0 aromatic heterocycles. The zero-order chi connectivity index (χ0) is 19.9. The number of carbonyl (C=O) groups is 2. The van der Waals surface area contributed by atoms with Gasteiger partial charge >= 0.3 is 0 Å². The van der Waals surface area contributed by atoms with Crippen LogP contribution in [0.4, 0.5) is 0 Å². The van der Waals surface area contributed by atoms with Crippen molar-refractivity contribution in [3.8, 4) is 0 Å². The molecule has 0 spiro atoms. The molecule has 1 aliphatic rings. The number of hydrogen-bond acceptors (Lipinski definition) is 2. The predicted octanol–water partition coefficient (Wildman–Crippen LogP) is 5.18. The lowest BCUT2D eigenvalue weighted by Gasteiger charge is -2.29. The maximum atomic E-state index is 12.3. The molecule has 28 heavy (non-hydrogen) atoms. The molecule has 0 saturated heterocycles. The van der Waals surface area contributed by atoms with E-state index in [4.69, 9.17) is 0 Å². The van der Waals surface area contributed by atoms with E-state index in [1.165, 1.54) is 0 Å². The second-order valence-electron chi connectivity index (χ2n) is 7.34. The Hall–Kier alpha value is -1.66. The molecule has 0 aliphatic heterocycles. The Morgan fingerprint density at radius 3 is 1.71 bits per heavy atom. The molecule has 148 valence electrons. The lowest BCUT2D eigenvalue weighted by atomic mass is 9.81. The van der Waals surface area contributed by atoms with E-state index in [1.807, 2.05) is 48.5 Å². The van der Waals surface area contributed by atoms with E-state index >= 15 is 0 Å². The first-order chi connectivity index (χ1) is 13.5. The molecule has 6 heteroatoms. The molecule has 1 saturated carbocycles. The van der Waals surface area contributed by atoms with Gasteiger partial charge in [0.15, 0.2) is 0 Å².